The van der Waals surface area contributed by atoms with Crippen molar-refractivity contribution in [3.05, 3.63) is 35.6 Å². The van der Waals surface area contributed by atoms with Gasteiger partial charge in [0.05, 0.1) is 13.2 Å². The van der Waals surface area contributed by atoms with Gasteiger partial charge in [-0.15, -0.1) is 0 Å². The van der Waals surface area contributed by atoms with Gasteiger partial charge in [0.25, 0.3) is 5.91 Å². The summed E-state index contributed by atoms with van der Waals surface area (Å²) in [4.78, 5) is 26.3. The van der Waals surface area contributed by atoms with Crippen molar-refractivity contribution in [2.45, 2.75) is 20.0 Å². The van der Waals surface area contributed by atoms with Gasteiger partial charge in [-0.1, -0.05) is 18.2 Å². The molecule has 0 N–H and O–H groups in total. The number of rotatable bonds is 3. The summed E-state index contributed by atoms with van der Waals surface area (Å²) in [6, 6.07) is 7.39. The van der Waals surface area contributed by atoms with Crippen LogP contribution >= 0.6 is 0 Å². The molecule has 1 fully saturated rings. The van der Waals surface area contributed by atoms with Crippen LogP contribution in [0.25, 0.3) is 11.0 Å². The number of carbonyl (C=O) groups is 2. The summed E-state index contributed by atoms with van der Waals surface area (Å²) >= 11 is 0. The summed E-state index contributed by atoms with van der Waals surface area (Å²) in [5.41, 5.74) is 1.35. The number of nitrogens with zero attached hydrogens (tertiary/aromatic N) is 1. The van der Waals surface area contributed by atoms with Crippen LogP contribution in [0, 0.1) is 6.92 Å². The smallest absolute Gasteiger partial charge is 0.375 e. The monoisotopic (exact) mass is 317 g/mol. The Balaban J connectivity index is 1.72. The van der Waals surface area contributed by atoms with E-state index in [0.29, 0.717) is 31.9 Å². The fraction of sp³-hybridized carbons (Fsp3) is 0.412. The molecular weight excluding hydrogens is 298 g/mol. The summed E-state index contributed by atoms with van der Waals surface area (Å²) < 4.78 is 16.1. The average Bonchev–Trinajstić information content (AvgIpc) is 2.92. The van der Waals surface area contributed by atoms with Gasteiger partial charge in [0, 0.05) is 24.0 Å². The zero-order valence-electron chi connectivity index (χ0n) is 13.2. The molecule has 6 nitrogen and oxygen atoms in total. The minimum Gasteiger partial charge on any atom is -0.449 e. The number of hydrogen-bond donors (Lipinski definition) is 0. The van der Waals surface area contributed by atoms with Crippen molar-refractivity contribution in [3.63, 3.8) is 0 Å². The van der Waals surface area contributed by atoms with Crippen molar-refractivity contribution >= 4 is 22.8 Å². The number of aryl methyl sites for hydroxylation is 1. The third-order valence-corrected chi connectivity index (χ3v) is 3.98. The van der Waals surface area contributed by atoms with Crippen LogP contribution in [-0.2, 0) is 14.3 Å². The molecular formula is C17H19NO5. The van der Waals surface area contributed by atoms with Crippen molar-refractivity contribution in [1.82, 2.24) is 4.90 Å². The molecule has 0 saturated carbocycles. The largest absolute Gasteiger partial charge is 0.449 e. The first-order valence-electron chi connectivity index (χ1n) is 7.63. The molecule has 1 aromatic heterocycles. The van der Waals surface area contributed by atoms with E-state index in [-0.39, 0.29) is 11.7 Å². The summed E-state index contributed by atoms with van der Waals surface area (Å²) in [6.45, 7) is 5.43. The van der Waals surface area contributed by atoms with Gasteiger partial charge in [0.1, 0.15) is 5.58 Å². The SMILES string of the molecule is Cc1c(C(=O)O[C@H](C)C(=O)N2CCOCC2)oc2ccccc12. The van der Waals surface area contributed by atoms with Gasteiger partial charge >= 0.3 is 5.97 Å². The molecule has 6 heteroatoms. The zero-order valence-corrected chi connectivity index (χ0v) is 13.2. The van der Waals surface area contributed by atoms with E-state index in [9.17, 15) is 9.59 Å². The number of amides is 1. The lowest BCUT2D eigenvalue weighted by atomic mass is 10.1. The lowest BCUT2D eigenvalue weighted by Gasteiger charge is -2.28. The second kappa shape index (κ2) is 6.42. The summed E-state index contributed by atoms with van der Waals surface area (Å²) in [7, 11) is 0. The highest BCUT2D eigenvalue weighted by molar-refractivity contribution is 5.97. The number of esters is 1. The van der Waals surface area contributed by atoms with Gasteiger partial charge in [-0.2, -0.15) is 0 Å². The van der Waals surface area contributed by atoms with Crippen LogP contribution in [-0.4, -0.2) is 49.2 Å². The second-order valence-corrected chi connectivity index (χ2v) is 5.54. The van der Waals surface area contributed by atoms with E-state index in [1.807, 2.05) is 18.2 Å². The standard InChI is InChI=1S/C17H19NO5/c1-11-13-5-3-4-6-14(13)23-15(11)17(20)22-12(2)16(19)18-7-9-21-10-8-18/h3-6,12H,7-10H2,1-2H3/t12-/m1/s1. The van der Waals surface area contributed by atoms with Crippen LogP contribution in [0.3, 0.4) is 0 Å². The van der Waals surface area contributed by atoms with Crippen molar-refractivity contribution in [1.29, 1.82) is 0 Å². The van der Waals surface area contributed by atoms with Gasteiger partial charge in [0.2, 0.25) is 5.76 Å². The summed E-state index contributed by atoms with van der Waals surface area (Å²) in [5, 5.41) is 0.867. The molecule has 1 amide bonds. The summed E-state index contributed by atoms with van der Waals surface area (Å²) in [5.74, 6) is -0.684. The molecule has 1 saturated heterocycles. The van der Waals surface area contributed by atoms with E-state index in [1.54, 1.807) is 24.8 Å². The highest BCUT2D eigenvalue weighted by Gasteiger charge is 2.28. The molecule has 0 spiro atoms. The molecule has 0 bridgehead atoms. The van der Waals surface area contributed by atoms with E-state index >= 15 is 0 Å². The normalized spacial score (nSPS) is 16.3. The molecule has 0 radical (unpaired) electrons. The predicted molar refractivity (Wildman–Crippen MR) is 83.2 cm³/mol. The van der Waals surface area contributed by atoms with Gasteiger partial charge in [-0.25, -0.2) is 4.79 Å². The number of benzene rings is 1. The Morgan fingerprint density at radius 3 is 2.61 bits per heavy atom. The van der Waals surface area contributed by atoms with Gasteiger partial charge in [-0.05, 0) is 19.9 Å². The van der Waals surface area contributed by atoms with Gasteiger partial charge in [0.15, 0.2) is 6.10 Å². The Kier molecular flexibility index (Phi) is 4.34. The van der Waals surface area contributed by atoms with Crippen molar-refractivity contribution in [2.24, 2.45) is 0 Å². The van der Waals surface area contributed by atoms with Crippen LogP contribution < -0.4 is 0 Å². The van der Waals surface area contributed by atoms with Crippen molar-refractivity contribution in [2.75, 3.05) is 26.3 Å². The molecule has 1 aromatic carbocycles. The van der Waals surface area contributed by atoms with Crippen LogP contribution in [0.1, 0.15) is 23.0 Å². The van der Waals surface area contributed by atoms with Crippen LogP contribution in [0.15, 0.2) is 28.7 Å². The number of fused-ring (bicyclic) bond motifs is 1. The first kappa shape index (κ1) is 15.6. The second-order valence-electron chi connectivity index (χ2n) is 5.54. The van der Waals surface area contributed by atoms with Crippen LogP contribution in [0.2, 0.25) is 0 Å². The van der Waals surface area contributed by atoms with E-state index in [0.717, 1.165) is 10.9 Å². The minimum absolute atomic E-state index is 0.146. The topological polar surface area (TPSA) is 69.0 Å². The van der Waals surface area contributed by atoms with E-state index < -0.39 is 12.1 Å². The summed E-state index contributed by atoms with van der Waals surface area (Å²) in [6.07, 6.45) is -0.854. The molecule has 0 unspecified atom stereocenters. The molecule has 3 rings (SSSR count). The quantitative estimate of drug-likeness (QED) is 0.811. The Labute approximate surface area is 133 Å². The fourth-order valence-electron chi connectivity index (χ4n) is 2.67. The zero-order chi connectivity index (χ0) is 16.4. The highest BCUT2D eigenvalue weighted by Crippen LogP contribution is 2.25. The number of hydrogen-bond acceptors (Lipinski definition) is 5. The number of carbonyl (C=O) groups excluding carboxylic acids is 2. The Bertz CT molecular complexity index is 730. The molecule has 0 aliphatic carbocycles. The van der Waals surface area contributed by atoms with Crippen molar-refractivity contribution < 1.29 is 23.5 Å². The third kappa shape index (κ3) is 3.07. The Morgan fingerprint density at radius 1 is 1.22 bits per heavy atom. The molecule has 1 atom stereocenters. The lowest BCUT2D eigenvalue weighted by Crippen LogP contribution is -2.46. The predicted octanol–water partition coefficient (Wildman–Crippen LogP) is 2.15. The maximum absolute atomic E-state index is 12.3. The number of morpholine rings is 1. The van der Waals surface area contributed by atoms with Gasteiger partial charge < -0.3 is 18.8 Å². The Morgan fingerprint density at radius 2 is 1.91 bits per heavy atom. The first-order valence-corrected chi connectivity index (χ1v) is 7.63. The van der Waals surface area contributed by atoms with Gasteiger partial charge in [-0.3, -0.25) is 4.79 Å². The van der Waals surface area contributed by atoms with E-state index in [2.05, 4.69) is 0 Å². The van der Waals surface area contributed by atoms with Crippen LogP contribution in [0.4, 0.5) is 0 Å². The van der Waals surface area contributed by atoms with Crippen molar-refractivity contribution in [3.8, 4) is 0 Å². The molecule has 1 aliphatic heterocycles. The molecule has 2 heterocycles. The molecule has 23 heavy (non-hydrogen) atoms. The average molecular weight is 317 g/mol. The lowest BCUT2D eigenvalue weighted by molar-refractivity contribution is -0.143. The molecule has 122 valence electrons. The molecule has 2 aromatic rings. The number of furan rings is 1. The maximum atomic E-state index is 12.3. The third-order valence-electron chi connectivity index (χ3n) is 3.98. The number of para-hydroxylation sites is 1. The number of ether oxygens (including phenoxy) is 2. The fourth-order valence-corrected chi connectivity index (χ4v) is 2.67. The first-order chi connectivity index (χ1) is 11.1. The minimum atomic E-state index is -0.854. The Hall–Kier alpha value is -2.34. The van der Waals surface area contributed by atoms with E-state index in [1.165, 1.54) is 0 Å². The maximum Gasteiger partial charge on any atom is 0.375 e. The molecule has 1 aliphatic rings. The highest BCUT2D eigenvalue weighted by atomic mass is 16.6. The van der Waals surface area contributed by atoms with E-state index in [4.69, 9.17) is 13.9 Å². The van der Waals surface area contributed by atoms with Crippen LogP contribution in [0.5, 0.6) is 0 Å².